The quantitative estimate of drug-likeness (QED) is 0.483. The van der Waals surface area contributed by atoms with Crippen molar-refractivity contribution in [3.05, 3.63) is 51.9 Å². The number of hydrogen-bond acceptors (Lipinski definition) is 7. The maximum atomic E-state index is 14.0. The molecule has 2 aromatic rings. The van der Waals surface area contributed by atoms with Gasteiger partial charge in [0.15, 0.2) is 0 Å². The molecule has 0 radical (unpaired) electrons. The molecule has 3 aliphatic heterocycles. The number of halogens is 2. The number of aromatic nitrogens is 1. The van der Waals surface area contributed by atoms with Gasteiger partial charge < -0.3 is 24.4 Å². The monoisotopic (exact) mass is 633 g/mol. The largest absolute Gasteiger partial charge is 0.471 e. The normalized spacial score (nSPS) is 25.5. The molecule has 0 saturated carbocycles. The van der Waals surface area contributed by atoms with Crippen molar-refractivity contribution in [2.75, 3.05) is 57.4 Å². The number of carboxylic acid groups (broad SMARTS) is 1. The van der Waals surface area contributed by atoms with E-state index >= 15 is 0 Å². The average Bonchev–Trinajstić information content (AvgIpc) is 2.92. The van der Waals surface area contributed by atoms with Crippen LogP contribution in [0.4, 0.5) is 14.9 Å². The molecule has 0 spiro atoms. The molecule has 0 bridgehead atoms. The molecular weight excluding hydrogens is 597 g/mol. The summed E-state index contributed by atoms with van der Waals surface area (Å²) in [5.74, 6) is -0.000674. The molecular formula is C29H37BrFN5O5. The molecule has 222 valence electrons. The number of benzene rings is 1. The number of morpholine rings is 1. The van der Waals surface area contributed by atoms with E-state index in [0.717, 1.165) is 17.7 Å². The highest BCUT2D eigenvalue weighted by atomic mass is 79.9. The van der Waals surface area contributed by atoms with Crippen LogP contribution in [-0.2, 0) is 16.0 Å². The molecule has 10 nitrogen and oxygen atoms in total. The smallest absolute Gasteiger partial charge is 0.407 e. The molecule has 2 amide bonds. The number of fused-ring (bicyclic) bond motifs is 1. The minimum Gasteiger partial charge on any atom is -0.471 e. The van der Waals surface area contributed by atoms with E-state index in [1.165, 1.54) is 17.0 Å². The number of piperazine rings is 1. The van der Waals surface area contributed by atoms with Crippen LogP contribution in [-0.4, -0.2) is 114 Å². The van der Waals surface area contributed by atoms with Crippen molar-refractivity contribution in [3.63, 3.8) is 0 Å². The maximum absolute atomic E-state index is 14.0. The average molecular weight is 635 g/mol. The van der Waals surface area contributed by atoms with E-state index in [4.69, 9.17) is 9.47 Å². The first-order chi connectivity index (χ1) is 19.6. The highest BCUT2D eigenvalue weighted by molar-refractivity contribution is 9.10. The molecule has 3 aliphatic rings. The summed E-state index contributed by atoms with van der Waals surface area (Å²) in [6, 6.07) is 8.07. The van der Waals surface area contributed by atoms with Gasteiger partial charge in [-0.2, -0.15) is 0 Å². The predicted molar refractivity (Wildman–Crippen MR) is 155 cm³/mol. The summed E-state index contributed by atoms with van der Waals surface area (Å²) in [6.45, 7) is 9.91. The lowest BCUT2D eigenvalue weighted by atomic mass is 10.0. The Morgan fingerprint density at radius 1 is 1.10 bits per heavy atom. The number of pyridine rings is 1. The number of hydrogen-bond donors (Lipinski definition) is 1. The Morgan fingerprint density at radius 3 is 2.56 bits per heavy atom. The van der Waals surface area contributed by atoms with Gasteiger partial charge in [-0.3, -0.25) is 14.6 Å². The predicted octanol–water partition coefficient (Wildman–Crippen LogP) is 3.46. The number of amides is 2. The second kappa shape index (κ2) is 12.6. The van der Waals surface area contributed by atoms with Crippen LogP contribution in [0.15, 0.2) is 34.9 Å². The van der Waals surface area contributed by atoms with Crippen molar-refractivity contribution in [2.24, 2.45) is 0 Å². The summed E-state index contributed by atoms with van der Waals surface area (Å²) < 4.78 is 25.6. The third-order valence-corrected chi connectivity index (χ3v) is 8.82. The molecule has 2 fully saturated rings. The van der Waals surface area contributed by atoms with Gasteiger partial charge in [-0.25, -0.2) is 14.2 Å². The van der Waals surface area contributed by atoms with Gasteiger partial charge in [0.05, 0.1) is 26.3 Å². The molecule has 4 heterocycles. The van der Waals surface area contributed by atoms with Crippen LogP contribution in [0.3, 0.4) is 0 Å². The zero-order valence-electron chi connectivity index (χ0n) is 23.6. The first-order valence-electron chi connectivity index (χ1n) is 14.0. The second-order valence-corrected chi connectivity index (χ2v) is 12.0. The van der Waals surface area contributed by atoms with Gasteiger partial charge in [-0.05, 0) is 66.0 Å². The third kappa shape index (κ3) is 6.82. The lowest BCUT2D eigenvalue weighted by molar-refractivity contribution is -0.122. The Morgan fingerprint density at radius 2 is 1.85 bits per heavy atom. The van der Waals surface area contributed by atoms with Gasteiger partial charge in [-0.15, -0.1) is 0 Å². The molecule has 4 atom stereocenters. The van der Waals surface area contributed by atoms with E-state index in [-0.39, 0.29) is 42.5 Å². The summed E-state index contributed by atoms with van der Waals surface area (Å²) in [6.07, 6.45) is -0.681. The maximum Gasteiger partial charge on any atom is 0.407 e. The summed E-state index contributed by atoms with van der Waals surface area (Å²) >= 11 is 3.54. The van der Waals surface area contributed by atoms with Crippen LogP contribution in [0.2, 0.25) is 0 Å². The number of carbonyl (C=O) groups excluding carboxylic acids is 1. The van der Waals surface area contributed by atoms with Gasteiger partial charge in [-0.1, -0.05) is 12.1 Å². The highest BCUT2D eigenvalue weighted by Crippen LogP contribution is 2.36. The van der Waals surface area contributed by atoms with Crippen molar-refractivity contribution >= 4 is 33.6 Å². The van der Waals surface area contributed by atoms with Crippen molar-refractivity contribution in [1.82, 2.24) is 19.7 Å². The van der Waals surface area contributed by atoms with Crippen molar-refractivity contribution in [2.45, 2.75) is 51.4 Å². The minimum absolute atomic E-state index is 0.0887. The van der Waals surface area contributed by atoms with E-state index in [1.54, 1.807) is 17.0 Å². The van der Waals surface area contributed by atoms with E-state index in [1.807, 2.05) is 19.9 Å². The van der Waals surface area contributed by atoms with Gasteiger partial charge in [0.2, 0.25) is 11.8 Å². The second-order valence-electron chi connectivity index (χ2n) is 11.3. The topological polar surface area (TPSA) is 98.7 Å². The standard InChI is InChI=1S/C29H37BrFN5O5/c1-18-12-34(24(15-35(18)29(38)39)14-33-8-9-40-17-19(33)2)16-26(37)36-13-20(3)41-28-25(36)11-22(27(30)32-28)10-21-4-6-23(31)7-5-21/h4-7,11,18-20,24H,8-10,12-17H2,1-3H3,(H,38,39)/t18-,19-,20?,24+/m1/s1. The first-order valence-corrected chi connectivity index (χ1v) is 14.8. The summed E-state index contributed by atoms with van der Waals surface area (Å²) in [4.78, 5) is 38.2. The number of nitrogens with zero attached hydrogens (tertiary/aromatic N) is 5. The van der Waals surface area contributed by atoms with Crippen LogP contribution in [0.1, 0.15) is 31.9 Å². The van der Waals surface area contributed by atoms with Crippen LogP contribution in [0.25, 0.3) is 0 Å². The first kappa shape index (κ1) is 29.7. The van der Waals surface area contributed by atoms with Crippen LogP contribution >= 0.6 is 15.9 Å². The molecule has 1 aromatic heterocycles. The Labute approximate surface area is 248 Å². The number of anilines is 1. The van der Waals surface area contributed by atoms with Gasteiger partial charge in [0, 0.05) is 50.7 Å². The van der Waals surface area contributed by atoms with Crippen LogP contribution in [0, 0.1) is 5.82 Å². The highest BCUT2D eigenvalue weighted by Gasteiger charge is 2.39. The lowest BCUT2D eigenvalue weighted by Crippen LogP contribution is -2.64. The Bertz CT molecular complexity index is 1270. The van der Waals surface area contributed by atoms with Gasteiger partial charge >= 0.3 is 6.09 Å². The van der Waals surface area contributed by atoms with Gasteiger partial charge in [0.25, 0.3) is 0 Å². The third-order valence-electron chi connectivity index (χ3n) is 8.14. The van der Waals surface area contributed by atoms with Crippen molar-refractivity contribution in [1.29, 1.82) is 0 Å². The molecule has 2 saturated heterocycles. The zero-order chi connectivity index (χ0) is 29.3. The molecule has 1 unspecified atom stereocenters. The molecule has 0 aliphatic carbocycles. The molecule has 5 rings (SSSR count). The number of carbonyl (C=O) groups is 2. The van der Waals surface area contributed by atoms with Crippen molar-refractivity contribution < 1.29 is 28.6 Å². The fourth-order valence-electron chi connectivity index (χ4n) is 5.86. The van der Waals surface area contributed by atoms with E-state index in [2.05, 4.69) is 37.6 Å². The minimum atomic E-state index is -0.940. The SMILES string of the molecule is CC1CN(C(=O)CN2C[C@@H](C)N(C(=O)O)C[C@@H]2CN2CCOC[C@H]2C)c2cc(Cc3ccc(F)cc3)c(Br)nc2O1. The zero-order valence-corrected chi connectivity index (χ0v) is 25.2. The number of rotatable bonds is 6. The lowest BCUT2D eigenvalue weighted by Gasteiger charge is -2.47. The van der Waals surface area contributed by atoms with E-state index in [9.17, 15) is 19.1 Å². The fraction of sp³-hybridized carbons (Fsp3) is 0.552. The van der Waals surface area contributed by atoms with E-state index in [0.29, 0.717) is 62.0 Å². The molecule has 1 aromatic carbocycles. The molecule has 1 N–H and O–H groups in total. The Hall–Kier alpha value is -2.80. The summed E-state index contributed by atoms with van der Waals surface area (Å²) in [5.41, 5.74) is 2.38. The molecule has 41 heavy (non-hydrogen) atoms. The van der Waals surface area contributed by atoms with Gasteiger partial charge in [0.1, 0.15) is 22.2 Å². The Balaban J connectivity index is 1.38. The molecule has 12 heteroatoms. The number of ether oxygens (including phenoxy) is 2. The van der Waals surface area contributed by atoms with Crippen LogP contribution in [0.5, 0.6) is 5.88 Å². The van der Waals surface area contributed by atoms with E-state index < -0.39 is 6.09 Å². The fourth-order valence-corrected chi connectivity index (χ4v) is 6.27. The van der Waals surface area contributed by atoms with Crippen LogP contribution < -0.4 is 9.64 Å². The summed E-state index contributed by atoms with van der Waals surface area (Å²) in [7, 11) is 0. The Kier molecular flexibility index (Phi) is 9.12. The summed E-state index contributed by atoms with van der Waals surface area (Å²) in [5, 5.41) is 9.82. The van der Waals surface area contributed by atoms with Crippen molar-refractivity contribution in [3.8, 4) is 5.88 Å².